The van der Waals surface area contributed by atoms with Crippen molar-refractivity contribution in [3.05, 3.63) is 22.4 Å². The van der Waals surface area contributed by atoms with Crippen LogP contribution >= 0.6 is 15.9 Å². The van der Waals surface area contributed by atoms with Gasteiger partial charge in [-0.3, -0.25) is 0 Å². The molecule has 136 valence electrons. The molecular weight excluding hydrogens is 393 g/mol. The van der Waals surface area contributed by atoms with Crippen LogP contribution in [0.15, 0.2) is 21.0 Å². The molecule has 0 aliphatic carbocycles. The lowest BCUT2D eigenvalue weighted by Crippen LogP contribution is -2.54. The number of amides is 1. The third-order valence-electron chi connectivity index (χ3n) is 3.92. The molecule has 0 bridgehead atoms. The van der Waals surface area contributed by atoms with Gasteiger partial charge in [0.2, 0.25) is 0 Å². The average molecular weight is 414 g/mol. The van der Waals surface area contributed by atoms with Crippen molar-refractivity contribution < 1.29 is 18.3 Å². The molecule has 3 rings (SSSR count). The second-order valence-corrected chi connectivity index (χ2v) is 8.06. The van der Waals surface area contributed by atoms with Crippen molar-refractivity contribution in [2.75, 3.05) is 24.5 Å². The molecule has 1 saturated heterocycles. The lowest BCUT2D eigenvalue weighted by molar-refractivity contribution is 0.0216. The maximum Gasteiger partial charge on any atom is 0.410 e. The first kappa shape index (κ1) is 18.0. The Kier molecular flexibility index (Phi) is 4.66. The number of carbonyl (C=O) groups excluding carboxylic acids is 1. The van der Waals surface area contributed by atoms with Crippen LogP contribution in [0.1, 0.15) is 27.7 Å². The molecule has 1 aliphatic rings. The zero-order valence-electron chi connectivity index (χ0n) is 14.7. The third-order valence-corrected chi connectivity index (χ3v) is 4.51. The normalized spacial score (nSPS) is 18.7. The number of hydrogen-bond acceptors (Lipinski definition) is 5. The van der Waals surface area contributed by atoms with E-state index in [0.717, 1.165) is 0 Å². The van der Waals surface area contributed by atoms with Crippen molar-refractivity contribution in [2.45, 2.75) is 39.3 Å². The standard InChI is InChI=1S/C17H21BrFN3O3/c1-10-9-21(16(23)25-17(2,3)4)5-6-22(10)15-20-13-8-11(19)7-12(18)14(13)24-15/h7-8,10H,5-6,9H2,1-4H3/t10-/m0/s1. The molecule has 0 unspecified atom stereocenters. The number of anilines is 1. The summed E-state index contributed by atoms with van der Waals surface area (Å²) in [6.07, 6.45) is -0.318. The van der Waals surface area contributed by atoms with Crippen LogP contribution in [-0.2, 0) is 4.74 Å². The molecule has 2 heterocycles. The summed E-state index contributed by atoms with van der Waals surface area (Å²) in [6.45, 7) is 9.10. The van der Waals surface area contributed by atoms with Crippen LogP contribution in [0, 0.1) is 5.82 Å². The minimum Gasteiger partial charge on any atom is -0.444 e. The molecule has 1 aromatic carbocycles. The number of oxazole rings is 1. The van der Waals surface area contributed by atoms with Gasteiger partial charge in [0.15, 0.2) is 5.58 Å². The highest BCUT2D eigenvalue weighted by Crippen LogP contribution is 2.31. The van der Waals surface area contributed by atoms with Crippen LogP contribution in [0.5, 0.6) is 0 Å². The highest BCUT2D eigenvalue weighted by molar-refractivity contribution is 9.10. The van der Waals surface area contributed by atoms with Gasteiger partial charge in [0.25, 0.3) is 6.01 Å². The van der Waals surface area contributed by atoms with Gasteiger partial charge in [0, 0.05) is 31.7 Å². The van der Waals surface area contributed by atoms with Gasteiger partial charge in [-0.25, -0.2) is 9.18 Å². The van der Waals surface area contributed by atoms with E-state index in [1.165, 1.54) is 12.1 Å². The van der Waals surface area contributed by atoms with E-state index in [1.54, 1.807) is 4.90 Å². The maximum atomic E-state index is 13.5. The summed E-state index contributed by atoms with van der Waals surface area (Å²) in [4.78, 5) is 20.3. The molecule has 1 atom stereocenters. The van der Waals surface area contributed by atoms with E-state index in [2.05, 4.69) is 20.9 Å². The summed E-state index contributed by atoms with van der Waals surface area (Å²) < 4.78 is 25.3. The van der Waals surface area contributed by atoms with Gasteiger partial charge in [0.1, 0.15) is 16.9 Å². The largest absolute Gasteiger partial charge is 0.444 e. The van der Waals surface area contributed by atoms with Gasteiger partial charge < -0.3 is 19.0 Å². The Morgan fingerprint density at radius 3 is 2.76 bits per heavy atom. The topological polar surface area (TPSA) is 58.8 Å². The molecule has 2 aromatic rings. The fourth-order valence-electron chi connectivity index (χ4n) is 2.80. The van der Waals surface area contributed by atoms with Gasteiger partial charge in [-0.15, -0.1) is 0 Å². The molecule has 1 aromatic heterocycles. The van der Waals surface area contributed by atoms with Crippen molar-refractivity contribution >= 4 is 39.1 Å². The number of carbonyl (C=O) groups is 1. The average Bonchev–Trinajstić information content (AvgIpc) is 2.89. The van der Waals surface area contributed by atoms with Crippen LogP contribution in [0.4, 0.5) is 15.2 Å². The van der Waals surface area contributed by atoms with E-state index in [1.807, 2.05) is 32.6 Å². The molecule has 8 heteroatoms. The fourth-order valence-corrected chi connectivity index (χ4v) is 3.31. The first-order valence-corrected chi connectivity index (χ1v) is 8.93. The van der Waals surface area contributed by atoms with E-state index >= 15 is 0 Å². The molecule has 1 amide bonds. The summed E-state index contributed by atoms with van der Waals surface area (Å²) in [5.41, 5.74) is 0.454. The quantitative estimate of drug-likeness (QED) is 0.701. The summed E-state index contributed by atoms with van der Waals surface area (Å²) in [5, 5.41) is 0. The fraction of sp³-hybridized carbons (Fsp3) is 0.529. The zero-order chi connectivity index (χ0) is 18.4. The lowest BCUT2D eigenvalue weighted by atomic mass is 10.2. The lowest BCUT2D eigenvalue weighted by Gasteiger charge is -2.39. The monoisotopic (exact) mass is 413 g/mol. The second kappa shape index (κ2) is 6.48. The van der Waals surface area contributed by atoms with Gasteiger partial charge in [-0.1, -0.05) is 0 Å². The van der Waals surface area contributed by atoms with Gasteiger partial charge in [0.05, 0.1) is 4.47 Å². The maximum absolute atomic E-state index is 13.5. The molecule has 0 radical (unpaired) electrons. The van der Waals surface area contributed by atoms with E-state index < -0.39 is 5.60 Å². The van der Waals surface area contributed by atoms with Crippen LogP contribution in [0.2, 0.25) is 0 Å². The Morgan fingerprint density at radius 2 is 2.12 bits per heavy atom. The SMILES string of the molecule is C[C@H]1CN(C(=O)OC(C)(C)C)CCN1c1nc2cc(F)cc(Br)c2o1. The Balaban J connectivity index is 1.76. The number of ether oxygens (including phenoxy) is 1. The highest BCUT2D eigenvalue weighted by Gasteiger charge is 2.32. The molecule has 0 saturated carbocycles. The molecule has 0 spiro atoms. The Bertz CT molecular complexity index is 802. The van der Waals surface area contributed by atoms with E-state index in [4.69, 9.17) is 9.15 Å². The first-order chi connectivity index (χ1) is 11.6. The Labute approximate surface area is 154 Å². The summed E-state index contributed by atoms with van der Waals surface area (Å²) in [6, 6.07) is 3.12. The molecule has 0 N–H and O–H groups in total. The molecule has 1 aliphatic heterocycles. The zero-order valence-corrected chi connectivity index (χ0v) is 16.3. The molecule has 25 heavy (non-hydrogen) atoms. The van der Waals surface area contributed by atoms with Crippen molar-refractivity contribution in [1.82, 2.24) is 9.88 Å². The number of halogens is 2. The number of fused-ring (bicyclic) bond motifs is 1. The first-order valence-electron chi connectivity index (χ1n) is 8.14. The van der Waals surface area contributed by atoms with Crippen molar-refractivity contribution in [2.24, 2.45) is 0 Å². The van der Waals surface area contributed by atoms with Gasteiger partial charge in [-0.2, -0.15) is 4.98 Å². The number of benzene rings is 1. The van der Waals surface area contributed by atoms with E-state index in [0.29, 0.717) is 41.2 Å². The second-order valence-electron chi connectivity index (χ2n) is 7.20. The van der Waals surface area contributed by atoms with Crippen LogP contribution < -0.4 is 4.90 Å². The highest BCUT2D eigenvalue weighted by atomic mass is 79.9. The molecule has 6 nitrogen and oxygen atoms in total. The number of nitrogens with zero attached hydrogens (tertiary/aromatic N) is 3. The van der Waals surface area contributed by atoms with Crippen LogP contribution in [-0.4, -0.2) is 47.3 Å². The van der Waals surface area contributed by atoms with Crippen molar-refractivity contribution in [3.8, 4) is 0 Å². The van der Waals surface area contributed by atoms with E-state index in [-0.39, 0.29) is 18.0 Å². The number of piperazine rings is 1. The van der Waals surface area contributed by atoms with Crippen LogP contribution in [0.25, 0.3) is 11.1 Å². The summed E-state index contributed by atoms with van der Waals surface area (Å²) >= 11 is 3.29. The third kappa shape index (κ3) is 3.89. The predicted octanol–water partition coefficient (Wildman–Crippen LogP) is 4.18. The van der Waals surface area contributed by atoms with Gasteiger partial charge >= 0.3 is 6.09 Å². The van der Waals surface area contributed by atoms with Crippen molar-refractivity contribution in [3.63, 3.8) is 0 Å². The van der Waals surface area contributed by atoms with Gasteiger partial charge in [-0.05, 0) is 49.7 Å². The van der Waals surface area contributed by atoms with Crippen molar-refractivity contribution in [1.29, 1.82) is 0 Å². The van der Waals surface area contributed by atoms with Crippen LogP contribution in [0.3, 0.4) is 0 Å². The summed E-state index contributed by atoms with van der Waals surface area (Å²) in [5.74, 6) is -0.373. The summed E-state index contributed by atoms with van der Waals surface area (Å²) in [7, 11) is 0. The van der Waals surface area contributed by atoms with E-state index in [9.17, 15) is 9.18 Å². The smallest absolute Gasteiger partial charge is 0.410 e. The number of hydrogen-bond donors (Lipinski definition) is 0. The molecular formula is C17H21BrFN3O3. The number of rotatable bonds is 1. The molecule has 1 fully saturated rings. The number of aromatic nitrogens is 1. The Hall–Kier alpha value is -1.83. The predicted molar refractivity (Wildman–Crippen MR) is 96.3 cm³/mol. The Morgan fingerprint density at radius 1 is 1.40 bits per heavy atom. The minimum absolute atomic E-state index is 0.00190. The minimum atomic E-state index is -0.520.